The summed E-state index contributed by atoms with van der Waals surface area (Å²) in [5.41, 5.74) is 2.76. The van der Waals surface area contributed by atoms with E-state index in [1.807, 2.05) is 32.0 Å². The van der Waals surface area contributed by atoms with Gasteiger partial charge in [0.25, 0.3) is 0 Å². The highest BCUT2D eigenvalue weighted by Crippen LogP contribution is 2.19. The van der Waals surface area contributed by atoms with Crippen molar-refractivity contribution < 1.29 is 19.1 Å². The average molecular weight is 370 g/mol. The number of methoxy groups -OCH3 is 1. The van der Waals surface area contributed by atoms with Crippen molar-refractivity contribution >= 4 is 17.5 Å². The Hall–Kier alpha value is -3.02. The van der Waals surface area contributed by atoms with E-state index in [1.54, 1.807) is 38.4 Å². The van der Waals surface area contributed by atoms with Gasteiger partial charge in [-0.1, -0.05) is 18.2 Å². The molecule has 0 bridgehead atoms. The van der Waals surface area contributed by atoms with Gasteiger partial charge in [-0.15, -0.1) is 0 Å². The molecule has 2 aromatic carbocycles. The lowest BCUT2D eigenvalue weighted by atomic mass is 10.1. The molecular weight excluding hydrogens is 344 g/mol. The van der Waals surface area contributed by atoms with E-state index in [0.29, 0.717) is 11.4 Å². The summed E-state index contributed by atoms with van der Waals surface area (Å²) in [5, 5.41) is 2.75. The van der Waals surface area contributed by atoms with Crippen molar-refractivity contribution in [1.29, 1.82) is 0 Å². The third kappa shape index (κ3) is 6.33. The van der Waals surface area contributed by atoms with Crippen LogP contribution in [0.2, 0.25) is 0 Å². The Morgan fingerprint density at radius 3 is 2.63 bits per heavy atom. The molecule has 0 aliphatic carbocycles. The molecule has 0 aliphatic heterocycles. The molecule has 0 heterocycles. The normalized spacial score (nSPS) is 10.2. The molecule has 0 spiro atoms. The van der Waals surface area contributed by atoms with Crippen molar-refractivity contribution in [3.05, 3.63) is 53.6 Å². The first-order valence-electron chi connectivity index (χ1n) is 8.77. The minimum atomic E-state index is -0.269. The quantitative estimate of drug-likeness (QED) is 0.775. The molecule has 0 aliphatic rings. The second-order valence-electron chi connectivity index (χ2n) is 6.40. The number of hydrogen-bond donors (Lipinski definition) is 1. The maximum absolute atomic E-state index is 12.2. The third-order valence-corrected chi connectivity index (χ3v) is 4.08. The summed E-state index contributed by atoms with van der Waals surface area (Å²) in [7, 11) is 3.17. The number of anilines is 1. The standard InChI is InChI=1S/C21H26N2O4/c1-15-8-9-16(2)19(12-15)27-11-10-21(25)23(3)14-20(24)22-17-6-5-7-18(13-17)26-4/h5-9,12-13H,10-11,14H2,1-4H3,(H,22,24). The topological polar surface area (TPSA) is 67.9 Å². The van der Waals surface area contributed by atoms with Crippen LogP contribution in [0.3, 0.4) is 0 Å². The van der Waals surface area contributed by atoms with E-state index in [1.165, 1.54) is 4.90 Å². The van der Waals surface area contributed by atoms with E-state index in [9.17, 15) is 9.59 Å². The fourth-order valence-electron chi connectivity index (χ4n) is 2.51. The Kier molecular flexibility index (Phi) is 7.23. The Balaban J connectivity index is 1.79. The number of nitrogens with zero attached hydrogens (tertiary/aromatic N) is 1. The van der Waals surface area contributed by atoms with Crippen LogP contribution in [0.1, 0.15) is 17.5 Å². The summed E-state index contributed by atoms with van der Waals surface area (Å²) in [4.78, 5) is 25.7. The molecule has 0 atom stereocenters. The summed E-state index contributed by atoms with van der Waals surface area (Å²) in [6.45, 7) is 4.20. The lowest BCUT2D eigenvalue weighted by Gasteiger charge is -2.17. The zero-order chi connectivity index (χ0) is 19.8. The highest BCUT2D eigenvalue weighted by Gasteiger charge is 2.13. The number of likely N-dealkylation sites (N-methyl/N-ethyl adjacent to an activating group) is 1. The lowest BCUT2D eigenvalue weighted by Crippen LogP contribution is -2.35. The van der Waals surface area contributed by atoms with Crippen LogP contribution in [0.5, 0.6) is 11.5 Å². The van der Waals surface area contributed by atoms with E-state index in [-0.39, 0.29) is 31.4 Å². The molecule has 27 heavy (non-hydrogen) atoms. The molecule has 2 aromatic rings. The molecule has 2 amide bonds. The molecule has 144 valence electrons. The first-order valence-corrected chi connectivity index (χ1v) is 8.77. The summed E-state index contributed by atoms with van der Waals surface area (Å²) < 4.78 is 10.8. The van der Waals surface area contributed by atoms with Crippen LogP contribution in [0, 0.1) is 13.8 Å². The molecule has 0 fully saturated rings. The van der Waals surface area contributed by atoms with Crippen LogP contribution in [0.4, 0.5) is 5.69 Å². The molecule has 0 aromatic heterocycles. The summed E-state index contributed by atoms with van der Waals surface area (Å²) in [6, 6.07) is 13.0. The van der Waals surface area contributed by atoms with Gasteiger partial charge in [0.05, 0.1) is 26.7 Å². The van der Waals surface area contributed by atoms with Crippen molar-refractivity contribution in [2.24, 2.45) is 0 Å². The molecule has 6 nitrogen and oxygen atoms in total. The molecule has 0 unspecified atom stereocenters. The molecule has 2 rings (SSSR count). The number of hydrogen-bond acceptors (Lipinski definition) is 4. The maximum Gasteiger partial charge on any atom is 0.243 e. The number of carbonyl (C=O) groups excluding carboxylic acids is 2. The van der Waals surface area contributed by atoms with Crippen LogP contribution in [0.25, 0.3) is 0 Å². The van der Waals surface area contributed by atoms with Crippen LogP contribution >= 0.6 is 0 Å². The van der Waals surface area contributed by atoms with Crippen LogP contribution in [-0.4, -0.2) is 44.0 Å². The average Bonchev–Trinajstić information content (AvgIpc) is 2.64. The molecule has 0 radical (unpaired) electrons. The first kappa shape index (κ1) is 20.3. The number of benzene rings is 2. The molecule has 6 heteroatoms. The van der Waals surface area contributed by atoms with Gasteiger partial charge in [0.15, 0.2) is 0 Å². The summed E-state index contributed by atoms with van der Waals surface area (Å²) >= 11 is 0. The van der Waals surface area contributed by atoms with Gasteiger partial charge < -0.3 is 19.7 Å². The Labute approximate surface area is 160 Å². The van der Waals surface area contributed by atoms with Crippen molar-refractivity contribution in [3.8, 4) is 11.5 Å². The van der Waals surface area contributed by atoms with Crippen LogP contribution < -0.4 is 14.8 Å². The number of nitrogens with one attached hydrogen (secondary N) is 1. The van der Waals surface area contributed by atoms with E-state index < -0.39 is 0 Å². The predicted molar refractivity (Wildman–Crippen MR) is 105 cm³/mol. The van der Waals surface area contributed by atoms with Crippen LogP contribution in [0.15, 0.2) is 42.5 Å². The van der Waals surface area contributed by atoms with E-state index in [4.69, 9.17) is 9.47 Å². The minimum Gasteiger partial charge on any atom is -0.497 e. The number of carbonyl (C=O) groups is 2. The third-order valence-electron chi connectivity index (χ3n) is 4.08. The summed E-state index contributed by atoms with van der Waals surface area (Å²) in [6.07, 6.45) is 0.205. The number of ether oxygens (including phenoxy) is 2. The smallest absolute Gasteiger partial charge is 0.243 e. The Bertz CT molecular complexity index is 805. The highest BCUT2D eigenvalue weighted by atomic mass is 16.5. The van der Waals surface area contributed by atoms with Crippen molar-refractivity contribution in [2.45, 2.75) is 20.3 Å². The van der Waals surface area contributed by atoms with Gasteiger partial charge in [0, 0.05) is 18.8 Å². The molecule has 0 saturated heterocycles. The SMILES string of the molecule is COc1cccc(NC(=O)CN(C)C(=O)CCOc2cc(C)ccc2C)c1. The van der Waals surface area contributed by atoms with Crippen molar-refractivity contribution in [3.63, 3.8) is 0 Å². The van der Waals surface area contributed by atoms with E-state index >= 15 is 0 Å². The first-order chi connectivity index (χ1) is 12.9. The second-order valence-corrected chi connectivity index (χ2v) is 6.40. The van der Waals surface area contributed by atoms with E-state index in [2.05, 4.69) is 5.32 Å². The fraction of sp³-hybridized carbons (Fsp3) is 0.333. The number of rotatable bonds is 8. The zero-order valence-electron chi connectivity index (χ0n) is 16.2. The molecule has 0 saturated carbocycles. The predicted octanol–water partition coefficient (Wildman–Crippen LogP) is 3.18. The van der Waals surface area contributed by atoms with Gasteiger partial charge in [-0.05, 0) is 43.2 Å². The minimum absolute atomic E-state index is 0.0283. The largest absolute Gasteiger partial charge is 0.497 e. The number of amides is 2. The molecular formula is C21H26N2O4. The van der Waals surface area contributed by atoms with Gasteiger partial charge in [0.2, 0.25) is 11.8 Å². The Morgan fingerprint density at radius 1 is 1.11 bits per heavy atom. The van der Waals surface area contributed by atoms with Gasteiger partial charge in [-0.2, -0.15) is 0 Å². The number of aryl methyl sites for hydroxylation is 2. The monoisotopic (exact) mass is 370 g/mol. The maximum atomic E-state index is 12.2. The van der Waals surface area contributed by atoms with Crippen molar-refractivity contribution in [2.75, 3.05) is 32.6 Å². The fourth-order valence-corrected chi connectivity index (χ4v) is 2.51. The van der Waals surface area contributed by atoms with Gasteiger partial charge in [-0.3, -0.25) is 9.59 Å². The zero-order valence-corrected chi connectivity index (χ0v) is 16.2. The Morgan fingerprint density at radius 2 is 1.89 bits per heavy atom. The highest BCUT2D eigenvalue weighted by molar-refractivity contribution is 5.94. The van der Waals surface area contributed by atoms with Gasteiger partial charge >= 0.3 is 0 Å². The van der Waals surface area contributed by atoms with Crippen LogP contribution in [-0.2, 0) is 9.59 Å². The van der Waals surface area contributed by atoms with Gasteiger partial charge in [-0.25, -0.2) is 0 Å². The lowest BCUT2D eigenvalue weighted by molar-refractivity contribution is -0.133. The summed E-state index contributed by atoms with van der Waals surface area (Å²) in [5.74, 6) is 1.01. The van der Waals surface area contributed by atoms with Crippen molar-refractivity contribution in [1.82, 2.24) is 4.90 Å². The second kappa shape index (κ2) is 9.62. The molecule has 1 N–H and O–H groups in total. The van der Waals surface area contributed by atoms with Gasteiger partial charge in [0.1, 0.15) is 11.5 Å². The van der Waals surface area contributed by atoms with E-state index in [0.717, 1.165) is 16.9 Å².